The van der Waals surface area contributed by atoms with Crippen LogP contribution >= 0.6 is 0 Å². The van der Waals surface area contributed by atoms with E-state index >= 15 is 0 Å². The summed E-state index contributed by atoms with van der Waals surface area (Å²) in [4.78, 5) is 9.07. The van der Waals surface area contributed by atoms with Gasteiger partial charge in [0.25, 0.3) is 0 Å². The van der Waals surface area contributed by atoms with Gasteiger partial charge >= 0.3 is 0 Å². The van der Waals surface area contributed by atoms with Crippen LogP contribution in [0.4, 0.5) is 5.82 Å². The third-order valence-corrected chi connectivity index (χ3v) is 5.21. The monoisotopic (exact) mass is 286 g/mol. The number of nitriles is 1. The second-order valence-corrected chi connectivity index (χ2v) is 6.33. The SMILES string of the molecule is CN1CCC[C@]2(CO)CCN(c3ccc(C#N)cn3)C[C@@H]12. The van der Waals surface area contributed by atoms with Crippen molar-refractivity contribution in [1.29, 1.82) is 5.26 Å². The molecule has 0 saturated carbocycles. The van der Waals surface area contributed by atoms with Crippen molar-refractivity contribution in [3.05, 3.63) is 23.9 Å². The molecule has 1 aromatic rings. The predicted octanol–water partition coefficient (Wildman–Crippen LogP) is 1.24. The van der Waals surface area contributed by atoms with Gasteiger partial charge in [-0.3, -0.25) is 0 Å². The minimum Gasteiger partial charge on any atom is -0.396 e. The van der Waals surface area contributed by atoms with Crippen molar-refractivity contribution in [2.24, 2.45) is 5.41 Å². The summed E-state index contributed by atoms with van der Waals surface area (Å²) >= 11 is 0. The number of fused-ring (bicyclic) bond motifs is 1. The molecule has 21 heavy (non-hydrogen) atoms. The number of rotatable bonds is 2. The molecule has 0 aromatic carbocycles. The lowest BCUT2D eigenvalue weighted by Crippen LogP contribution is -2.61. The smallest absolute Gasteiger partial charge is 0.128 e. The molecule has 112 valence electrons. The van der Waals surface area contributed by atoms with Crippen LogP contribution in [0.3, 0.4) is 0 Å². The average molecular weight is 286 g/mol. The molecule has 1 N–H and O–H groups in total. The van der Waals surface area contributed by atoms with Crippen molar-refractivity contribution in [2.45, 2.75) is 25.3 Å². The summed E-state index contributed by atoms with van der Waals surface area (Å²) in [5.74, 6) is 0.930. The van der Waals surface area contributed by atoms with Gasteiger partial charge in [-0.25, -0.2) is 4.98 Å². The van der Waals surface area contributed by atoms with Crippen LogP contribution in [0.15, 0.2) is 18.3 Å². The molecule has 5 nitrogen and oxygen atoms in total. The van der Waals surface area contributed by atoms with Gasteiger partial charge in [-0.2, -0.15) is 5.26 Å². The van der Waals surface area contributed by atoms with Gasteiger partial charge in [0.05, 0.1) is 12.2 Å². The second-order valence-electron chi connectivity index (χ2n) is 6.33. The quantitative estimate of drug-likeness (QED) is 0.886. The molecular formula is C16H22N4O. The van der Waals surface area contributed by atoms with E-state index in [1.165, 1.54) is 6.42 Å². The fraction of sp³-hybridized carbons (Fsp3) is 0.625. The average Bonchev–Trinajstić information content (AvgIpc) is 2.55. The van der Waals surface area contributed by atoms with Gasteiger partial charge in [0.2, 0.25) is 0 Å². The van der Waals surface area contributed by atoms with E-state index in [-0.39, 0.29) is 12.0 Å². The normalized spacial score (nSPS) is 29.8. The number of aliphatic hydroxyl groups excluding tert-OH is 1. The van der Waals surface area contributed by atoms with E-state index in [0.29, 0.717) is 11.6 Å². The summed E-state index contributed by atoms with van der Waals surface area (Å²) < 4.78 is 0. The highest BCUT2D eigenvalue weighted by molar-refractivity contribution is 5.43. The maximum atomic E-state index is 9.92. The zero-order valence-electron chi connectivity index (χ0n) is 12.5. The molecule has 1 aromatic heterocycles. The van der Waals surface area contributed by atoms with E-state index in [9.17, 15) is 5.11 Å². The van der Waals surface area contributed by atoms with E-state index in [0.717, 1.165) is 38.3 Å². The summed E-state index contributed by atoms with van der Waals surface area (Å²) in [6.45, 7) is 3.19. The Labute approximate surface area is 125 Å². The molecule has 0 bridgehead atoms. The van der Waals surface area contributed by atoms with Crippen LogP contribution in [0.5, 0.6) is 0 Å². The first-order valence-electron chi connectivity index (χ1n) is 7.61. The highest BCUT2D eigenvalue weighted by Crippen LogP contribution is 2.42. The van der Waals surface area contributed by atoms with Crippen molar-refractivity contribution in [3.8, 4) is 6.07 Å². The molecule has 0 aliphatic carbocycles. The Bertz CT molecular complexity index is 538. The molecule has 0 spiro atoms. The lowest BCUT2D eigenvalue weighted by molar-refractivity contribution is -0.0277. The zero-order chi connectivity index (χ0) is 14.9. The van der Waals surface area contributed by atoms with E-state index in [1.54, 1.807) is 6.20 Å². The van der Waals surface area contributed by atoms with Crippen LogP contribution in [0.2, 0.25) is 0 Å². The predicted molar refractivity (Wildman–Crippen MR) is 81.0 cm³/mol. The van der Waals surface area contributed by atoms with Gasteiger partial charge in [0, 0.05) is 30.7 Å². The minimum absolute atomic E-state index is 0.0517. The number of likely N-dealkylation sites (N-methyl/N-ethyl adjacent to an activating group) is 1. The Hall–Kier alpha value is -1.64. The molecule has 2 aliphatic rings. The lowest BCUT2D eigenvalue weighted by Gasteiger charge is -2.53. The fourth-order valence-electron chi connectivity index (χ4n) is 3.86. The first kappa shape index (κ1) is 14.3. The summed E-state index contributed by atoms with van der Waals surface area (Å²) in [5, 5.41) is 18.8. The molecule has 0 amide bonds. The van der Waals surface area contributed by atoms with Gasteiger partial charge in [0.15, 0.2) is 0 Å². The van der Waals surface area contributed by atoms with E-state index in [4.69, 9.17) is 5.26 Å². The van der Waals surface area contributed by atoms with Crippen LogP contribution in [0.25, 0.3) is 0 Å². The molecule has 2 aliphatic heterocycles. The highest BCUT2D eigenvalue weighted by Gasteiger charge is 2.46. The number of piperidine rings is 2. The van der Waals surface area contributed by atoms with Gasteiger partial charge in [0.1, 0.15) is 11.9 Å². The number of likely N-dealkylation sites (tertiary alicyclic amines) is 1. The Kier molecular flexibility index (Phi) is 3.83. The van der Waals surface area contributed by atoms with Crippen molar-refractivity contribution >= 4 is 5.82 Å². The van der Waals surface area contributed by atoms with Crippen molar-refractivity contribution in [2.75, 3.05) is 38.2 Å². The first-order chi connectivity index (χ1) is 10.2. The lowest BCUT2D eigenvalue weighted by atomic mass is 9.69. The van der Waals surface area contributed by atoms with E-state index < -0.39 is 0 Å². The maximum absolute atomic E-state index is 9.92. The van der Waals surface area contributed by atoms with Crippen molar-refractivity contribution < 1.29 is 5.11 Å². The molecular weight excluding hydrogens is 264 g/mol. The maximum Gasteiger partial charge on any atom is 0.128 e. The molecule has 2 atom stereocenters. The van der Waals surface area contributed by atoms with Crippen LogP contribution in [0.1, 0.15) is 24.8 Å². The first-order valence-corrected chi connectivity index (χ1v) is 7.61. The number of aliphatic hydroxyl groups is 1. The third kappa shape index (κ3) is 2.50. The Morgan fingerprint density at radius 2 is 2.29 bits per heavy atom. The molecule has 2 fully saturated rings. The van der Waals surface area contributed by atoms with Gasteiger partial charge in [-0.1, -0.05) is 0 Å². The van der Waals surface area contributed by atoms with Crippen molar-refractivity contribution in [1.82, 2.24) is 9.88 Å². The van der Waals surface area contributed by atoms with Crippen LogP contribution in [-0.4, -0.2) is 54.3 Å². The molecule has 3 rings (SSSR count). The van der Waals surface area contributed by atoms with Crippen LogP contribution in [0, 0.1) is 16.7 Å². The number of nitrogens with zero attached hydrogens (tertiary/aromatic N) is 4. The fourth-order valence-corrected chi connectivity index (χ4v) is 3.86. The summed E-state index contributed by atoms with van der Waals surface area (Å²) in [5.41, 5.74) is 0.645. The van der Waals surface area contributed by atoms with Crippen molar-refractivity contribution in [3.63, 3.8) is 0 Å². The Morgan fingerprint density at radius 3 is 2.95 bits per heavy atom. The Morgan fingerprint density at radius 1 is 1.43 bits per heavy atom. The summed E-state index contributed by atoms with van der Waals surface area (Å²) in [7, 11) is 2.16. The van der Waals surface area contributed by atoms with E-state index in [2.05, 4.69) is 27.9 Å². The number of anilines is 1. The van der Waals surface area contributed by atoms with Gasteiger partial charge < -0.3 is 14.9 Å². The summed E-state index contributed by atoms with van der Waals surface area (Å²) in [6, 6.07) is 6.22. The highest BCUT2D eigenvalue weighted by atomic mass is 16.3. The van der Waals surface area contributed by atoms with Crippen LogP contribution in [-0.2, 0) is 0 Å². The number of aromatic nitrogens is 1. The molecule has 0 unspecified atom stereocenters. The molecule has 3 heterocycles. The van der Waals surface area contributed by atoms with Gasteiger partial charge in [-0.05, 0) is 45.0 Å². The minimum atomic E-state index is 0.0517. The standard InChI is InChI=1S/C16H22N4O/c1-19-7-2-5-16(12-21)6-8-20(11-14(16)19)15-4-3-13(9-17)10-18-15/h3-4,10,14,21H,2,5-8,11-12H2,1H3/t14-,16-/m1/s1. The van der Waals surface area contributed by atoms with Gasteiger partial charge in [-0.15, -0.1) is 0 Å². The zero-order valence-corrected chi connectivity index (χ0v) is 12.5. The number of pyridine rings is 1. The second kappa shape index (κ2) is 5.63. The topological polar surface area (TPSA) is 63.4 Å². The summed E-state index contributed by atoms with van der Waals surface area (Å²) in [6.07, 6.45) is 4.92. The van der Waals surface area contributed by atoms with E-state index in [1.807, 2.05) is 12.1 Å². The molecule has 5 heteroatoms. The molecule has 0 radical (unpaired) electrons. The number of hydrogen-bond acceptors (Lipinski definition) is 5. The number of hydrogen-bond donors (Lipinski definition) is 1. The third-order valence-electron chi connectivity index (χ3n) is 5.21. The largest absolute Gasteiger partial charge is 0.396 e. The Balaban J connectivity index is 1.80. The van der Waals surface area contributed by atoms with Crippen LogP contribution < -0.4 is 4.90 Å². The molecule has 2 saturated heterocycles.